The van der Waals surface area contributed by atoms with Crippen molar-refractivity contribution in [3.8, 4) is 0 Å². The third-order valence-corrected chi connectivity index (χ3v) is 7.14. The van der Waals surface area contributed by atoms with Gasteiger partial charge in [-0.15, -0.1) is 0 Å². The number of piperidine rings is 1. The van der Waals surface area contributed by atoms with Gasteiger partial charge in [-0.3, -0.25) is 4.79 Å². The summed E-state index contributed by atoms with van der Waals surface area (Å²) in [5.41, 5.74) is 0. The molecule has 2 rings (SSSR count). The summed E-state index contributed by atoms with van der Waals surface area (Å²) < 4.78 is 23.9. The molecule has 2 saturated heterocycles. The van der Waals surface area contributed by atoms with Gasteiger partial charge in [0, 0.05) is 19.6 Å². The number of sulfone groups is 1. The summed E-state index contributed by atoms with van der Waals surface area (Å²) in [7, 11) is -2.97. The van der Waals surface area contributed by atoms with Crippen molar-refractivity contribution in [3.63, 3.8) is 0 Å². The van der Waals surface area contributed by atoms with Crippen molar-refractivity contribution in [1.82, 2.24) is 15.5 Å². The van der Waals surface area contributed by atoms with Crippen LogP contribution in [0.1, 0.15) is 39.5 Å². The number of nitrogens with zero attached hydrogens (tertiary/aromatic N) is 1. The lowest BCUT2D eigenvalue weighted by molar-refractivity contribution is -0.123. The molecule has 0 aromatic heterocycles. The van der Waals surface area contributed by atoms with E-state index in [1.54, 1.807) is 13.8 Å². The van der Waals surface area contributed by atoms with Crippen molar-refractivity contribution >= 4 is 15.7 Å². The molecule has 2 fully saturated rings. The van der Waals surface area contributed by atoms with Crippen molar-refractivity contribution in [2.75, 3.05) is 38.5 Å². The van der Waals surface area contributed by atoms with Crippen LogP contribution in [0.5, 0.6) is 0 Å². The van der Waals surface area contributed by atoms with E-state index in [0.29, 0.717) is 19.0 Å². The van der Waals surface area contributed by atoms with E-state index >= 15 is 0 Å². The summed E-state index contributed by atoms with van der Waals surface area (Å²) in [6.45, 7) is 7.55. The van der Waals surface area contributed by atoms with Crippen LogP contribution >= 0.6 is 0 Å². The van der Waals surface area contributed by atoms with Crippen LogP contribution in [0.25, 0.3) is 0 Å². The van der Waals surface area contributed by atoms with Gasteiger partial charge >= 0.3 is 0 Å². The Balaban J connectivity index is 1.71. The standard InChI is InChI=1S/C16H31N3O3S/c1-13(2)23(21,22)10-9-19-8-4-5-14(12-19)11-18-16(20)15-6-3-7-17-15/h13-15,17H,3-12H2,1-2H3,(H,18,20). The summed E-state index contributed by atoms with van der Waals surface area (Å²) in [6, 6.07) is -0.0223. The van der Waals surface area contributed by atoms with Crippen LogP contribution in [0.3, 0.4) is 0 Å². The largest absolute Gasteiger partial charge is 0.354 e. The highest BCUT2D eigenvalue weighted by Crippen LogP contribution is 2.16. The van der Waals surface area contributed by atoms with Crippen molar-refractivity contribution in [2.45, 2.75) is 50.8 Å². The molecule has 23 heavy (non-hydrogen) atoms. The van der Waals surface area contributed by atoms with Gasteiger partial charge in [0.1, 0.15) is 0 Å². The van der Waals surface area contributed by atoms with E-state index in [1.807, 2.05) is 0 Å². The number of hydrogen-bond acceptors (Lipinski definition) is 5. The second kappa shape index (κ2) is 8.44. The summed E-state index contributed by atoms with van der Waals surface area (Å²) >= 11 is 0. The molecule has 2 aliphatic heterocycles. The molecule has 2 atom stereocenters. The molecule has 6 nitrogen and oxygen atoms in total. The van der Waals surface area contributed by atoms with Gasteiger partial charge < -0.3 is 15.5 Å². The molecule has 0 radical (unpaired) electrons. The maximum Gasteiger partial charge on any atom is 0.237 e. The molecule has 0 bridgehead atoms. The highest BCUT2D eigenvalue weighted by molar-refractivity contribution is 7.92. The van der Waals surface area contributed by atoms with Crippen molar-refractivity contribution in [2.24, 2.45) is 5.92 Å². The Labute approximate surface area is 140 Å². The molecular weight excluding hydrogens is 314 g/mol. The maximum atomic E-state index is 12.0. The Hall–Kier alpha value is -0.660. The van der Waals surface area contributed by atoms with Gasteiger partial charge in [0.05, 0.1) is 17.0 Å². The van der Waals surface area contributed by atoms with Crippen LogP contribution in [0.4, 0.5) is 0 Å². The lowest BCUT2D eigenvalue weighted by Gasteiger charge is -2.33. The third kappa shape index (κ3) is 5.72. The molecule has 0 aromatic rings. The van der Waals surface area contributed by atoms with Crippen LogP contribution in [-0.2, 0) is 14.6 Å². The van der Waals surface area contributed by atoms with Gasteiger partial charge in [-0.2, -0.15) is 0 Å². The molecule has 1 amide bonds. The number of hydrogen-bond donors (Lipinski definition) is 2. The molecule has 2 unspecified atom stereocenters. The number of rotatable bonds is 7. The third-order valence-electron chi connectivity index (χ3n) is 4.96. The second-order valence-electron chi connectivity index (χ2n) is 7.12. The first kappa shape index (κ1) is 18.7. The van der Waals surface area contributed by atoms with Crippen LogP contribution in [0.15, 0.2) is 0 Å². The molecule has 0 spiro atoms. The summed E-state index contributed by atoms with van der Waals surface area (Å²) in [5.74, 6) is 0.772. The predicted molar refractivity (Wildman–Crippen MR) is 92.1 cm³/mol. The average Bonchev–Trinajstić information content (AvgIpc) is 3.05. The molecule has 2 heterocycles. The molecule has 0 saturated carbocycles. The summed E-state index contributed by atoms with van der Waals surface area (Å²) in [5, 5.41) is 5.97. The first-order valence-corrected chi connectivity index (χ1v) is 10.5. The topological polar surface area (TPSA) is 78.5 Å². The van der Waals surface area contributed by atoms with Gasteiger partial charge in [0.25, 0.3) is 0 Å². The van der Waals surface area contributed by atoms with E-state index in [0.717, 1.165) is 45.3 Å². The molecule has 0 aromatic carbocycles. The van der Waals surface area contributed by atoms with E-state index in [1.165, 1.54) is 0 Å². The summed E-state index contributed by atoms with van der Waals surface area (Å²) in [6.07, 6.45) is 4.17. The van der Waals surface area contributed by atoms with Gasteiger partial charge in [-0.05, 0) is 58.5 Å². The average molecular weight is 346 g/mol. The normalized spacial score (nSPS) is 26.6. The fraction of sp³-hybridized carbons (Fsp3) is 0.938. The quantitative estimate of drug-likeness (QED) is 0.698. The molecule has 0 aliphatic carbocycles. The number of carbonyl (C=O) groups excluding carboxylic acids is 1. The minimum Gasteiger partial charge on any atom is -0.354 e. The van der Waals surface area contributed by atoms with Gasteiger partial charge in [-0.25, -0.2) is 8.42 Å². The zero-order valence-electron chi connectivity index (χ0n) is 14.4. The Morgan fingerprint density at radius 2 is 2.09 bits per heavy atom. The minimum absolute atomic E-state index is 0.0223. The summed E-state index contributed by atoms with van der Waals surface area (Å²) in [4.78, 5) is 14.3. The van der Waals surface area contributed by atoms with Crippen LogP contribution < -0.4 is 10.6 Å². The fourth-order valence-corrected chi connectivity index (χ4v) is 4.27. The van der Waals surface area contributed by atoms with E-state index in [4.69, 9.17) is 0 Å². The van der Waals surface area contributed by atoms with Gasteiger partial charge in [0.15, 0.2) is 9.84 Å². The van der Waals surface area contributed by atoms with Crippen molar-refractivity contribution in [3.05, 3.63) is 0 Å². The zero-order chi connectivity index (χ0) is 16.9. The lowest BCUT2D eigenvalue weighted by Crippen LogP contribution is -2.46. The molecule has 134 valence electrons. The Kier molecular flexibility index (Phi) is 6.85. The first-order chi connectivity index (χ1) is 10.9. The number of carbonyl (C=O) groups is 1. The van der Waals surface area contributed by atoms with E-state index in [-0.39, 0.29) is 23.0 Å². The maximum absolute atomic E-state index is 12.0. The predicted octanol–water partition coefficient (Wildman–Crippen LogP) is 0.390. The van der Waals surface area contributed by atoms with Crippen LogP contribution in [0, 0.1) is 5.92 Å². The lowest BCUT2D eigenvalue weighted by atomic mass is 9.98. The Morgan fingerprint density at radius 1 is 1.30 bits per heavy atom. The van der Waals surface area contributed by atoms with Crippen molar-refractivity contribution < 1.29 is 13.2 Å². The smallest absolute Gasteiger partial charge is 0.237 e. The highest BCUT2D eigenvalue weighted by atomic mass is 32.2. The first-order valence-electron chi connectivity index (χ1n) is 8.83. The number of nitrogens with one attached hydrogen (secondary N) is 2. The Morgan fingerprint density at radius 3 is 2.74 bits per heavy atom. The second-order valence-corrected chi connectivity index (χ2v) is 9.80. The molecule has 2 N–H and O–H groups in total. The van der Waals surface area contributed by atoms with Gasteiger partial charge in [0.2, 0.25) is 5.91 Å². The highest BCUT2D eigenvalue weighted by Gasteiger charge is 2.25. The van der Waals surface area contributed by atoms with Crippen LogP contribution in [0.2, 0.25) is 0 Å². The number of likely N-dealkylation sites (tertiary alicyclic amines) is 1. The van der Waals surface area contributed by atoms with Crippen molar-refractivity contribution in [1.29, 1.82) is 0 Å². The number of amides is 1. The van der Waals surface area contributed by atoms with Crippen LogP contribution in [-0.4, -0.2) is 69.0 Å². The van der Waals surface area contributed by atoms with E-state index < -0.39 is 9.84 Å². The molecule has 7 heteroatoms. The minimum atomic E-state index is -2.97. The molecular formula is C16H31N3O3S. The van der Waals surface area contributed by atoms with E-state index in [2.05, 4.69) is 15.5 Å². The molecule has 2 aliphatic rings. The zero-order valence-corrected chi connectivity index (χ0v) is 15.2. The van der Waals surface area contributed by atoms with E-state index in [9.17, 15) is 13.2 Å². The SMILES string of the molecule is CC(C)S(=O)(=O)CCN1CCCC(CNC(=O)C2CCCN2)C1. The fourth-order valence-electron chi connectivity index (χ4n) is 3.29. The van der Waals surface area contributed by atoms with Gasteiger partial charge in [-0.1, -0.05) is 0 Å². The monoisotopic (exact) mass is 345 g/mol. The Bertz CT molecular complexity index is 487.